The van der Waals surface area contributed by atoms with Gasteiger partial charge in [0.25, 0.3) is 0 Å². The molecule has 1 aromatic carbocycles. The predicted octanol–water partition coefficient (Wildman–Crippen LogP) is 3.30. The first kappa shape index (κ1) is 15.7. The average molecular weight is 311 g/mol. The minimum absolute atomic E-state index is 0.639. The summed E-state index contributed by atoms with van der Waals surface area (Å²) in [5, 5.41) is 11.5. The standard InChI is InChI=1S/C18H25N5/c1-2-7-14-23(13-6-1)17-15-20-22-18(21-17)19-12-8-11-16-9-4-3-5-10-16/h3-5,9-10,15H,1-2,6-8,11-14H2,(H,19,21,22). The monoisotopic (exact) mass is 311 g/mol. The van der Waals surface area contributed by atoms with Gasteiger partial charge in [-0.3, -0.25) is 0 Å². The molecule has 1 fully saturated rings. The maximum Gasteiger partial charge on any atom is 0.244 e. The number of rotatable bonds is 6. The van der Waals surface area contributed by atoms with Crippen LogP contribution in [0, 0.1) is 0 Å². The van der Waals surface area contributed by atoms with Gasteiger partial charge in [0, 0.05) is 19.6 Å². The lowest BCUT2D eigenvalue weighted by atomic mass is 10.1. The van der Waals surface area contributed by atoms with E-state index in [4.69, 9.17) is 0 Å². The summed E-state index contributed by atoms with van der Waals surface area (Å²) in [5.41, 5.74) is 1.37. The third-order valence-corrected chi connectivity index (χ3v) is 4.24. The number of anilines is 2. The van der Waals surface area contributed by atoms with Gasteiger partial charge in [0.05, 0.1) is 6.20 Å². The van der Waals surface area contributed by atoms with Crippen LogP contribution >= 0.6 is 0 Å². The molecule has 5 nitrogen and oxygen atoms in total. The number of nitrogens with zero attached hydrogens (tertiary/aromatic N) is 4. The van der Waals surface area contributed by atoms with Crippen LogP contribution in [-0.4, -0.2) is 34.8 Å². The number of hydrogen-bond acceptors (Lipinski definition) is 5. The van der Waals surface area contributed by atoms with Crippen LogP contribution < -0.4 is 10.2 Å². The molecule has 1 N–H and O–H groups in total. The minimum atomic E-state index is 0.639. The lowest BCUT2D eigenvalue weighted by Crippen LogP contribution is -2.25. The van der Waals surface area contributed by atoms with Crippen molar-refractivity contribution in [3.05, 3.63) is 42.1 Å². The maximum absolute atomic E-state index is 4.62. The Bertz CT molecular complexity index is 579. The summed E-state index contributed by atoms with van der Waals surface area (Å²) in [4.78, 5) is 6.95. The van der Waals surface area contributed by atoms with Crippen molar-refractivity contribution < 1.29 is 0 Å². The van der Waals surface area contributed by atoms with Crippen molar-refractivity contribution in [2.24, 2.45) is 0 Å². The molecular formula is C18H25N5. The van der Waals surface area contributed by atoms with Crippen molar-refractivity contribution >= 4 is 11.8 Å². The Morgan fingerprint density at radius 3 is 2.57 bits per heavy atom. The van der Waals surface area contributed by atoms with Gasteiger partial charge in [-0.25, -0.2) is 0 Å². The summed E-state index contributed by atoms with van der Waals surface area (Å²) in [6.45, 7) is 3.01. The molecule has 0 aliphatic carbocycles. The smallest absolute Gasteiger partial charge is 0.244 e. The summed E-state index contributed by atoms with van der Waals surface area (Å²) in [7, 11) is 0. The molecule has 0 bridgehead atoms. The van der Waals surface area contributed by atoms with Gasteiger partial charge in [0.1, 0.15) is 0 Å². The van der Waals surface area contributed by atoms with Crippen molar-refractivity contribution in [1.82, 2.24) is 15.2 Å². The van der Waals surface area contributed by atoms with Crippen LogP contribution in [-0.2, 0) is 6.42 Å². The Morgan fingerprint density at radius 1 is 1.00 bits per heavy atom. The van der Waals surface area contributed by atoms with Crippen LogP contribution in [0.4, 0.5) is 11.8 Å². The van der Waals surface area contributed by atoms with Crippen LogP contribution in [0.25, 0.3) is 0 Å². The van der Waals surface area contributed by atoms with Crippen LogP contribution in [0.5, 0.6) is 0 Å². The molecule has 2 heterocycles. The Kier molecular flexibility index (Phi) is 5.78. The predicted molar refractivity (Wildman–Crippen MR) is 93.8 cm³/mol. The third-order valence-electron chi connectivity index (χ3n) is 4.24. The van der Waals surface area contributed by atoms with Crippen molar-refractivity contribution in [2.75, 3.05) is 29.9 Å². The average Bonchev–Trinajstić information content (AvgIpc) is 2.89. The summed E-state index contributed by atoms with van der Waals surface area (Å²) < 4.78 is 0. The minimum Gasteiger partial charge on any atom is -0.355 e. The Hall–Kier alpha value is -2.17. The second-order valence-corrected chi connectivity index (χ2v) is 6.06. The molecule has 0 unspecified atom stereocenters. The molecule has 0 atom stereocenters. The van der Waals surface area contributed by atoms with Crippen molar-refractivity contribution in [3.63, 3.8) is 0 Å². The number of aryl methyl sites for hydroxylation is 1. The fourth-order valence-electron chi connectivity index (χ4n) is 2.96. The van der Waals surface area contributed by atoms with Crippen LogP contribution in [0.15, 0.2) is 36.5 Å². The highest BCUT2D eigenvalue weighted by Crippen LogP contribution is 2.17. The first-order chi connectivity index (χ1) is 11.4. The summed E-state index contributed by atoms with van der Waals surface area (Å²) in [6.07, 6.45) is 9.02. The first-order valence-corrected chi connectivity index (χ1v) is 8.64. The second-order valence-electron chi connectivity index (χ2n) is 6.06. The topological polar surface area (TPSA) is 53.9 Å². The molecule has 1 saturated heterocycles. The fraction of sp³-hybridized carbons (Fsp3) is 0.500. The Morgan fingerprint density at radius 2 is 1.78 bits per heavy atom. The summed E-state index contributed by atoms with van der Waals surface area (Å²) in [6, 6.07) is 10.5. The summed E-state index contributed by atoms with van der Waals surface area (Å²) >= 11 is 0. The Labute approximate surface area is 138 Å². The van der Waals surface area contributed by atoms with Gasteiger partial charge < -0.3 is 10.2 Å². The van der Waals surface area contributed by atoms with Crippen LogP contribution in [0.2, 0.25) is 0 Å². The van der Waals surface area contributed by atoms with Gasteiger partial charge in [0.15, 0.2) is 5.82 Å². The maximum atomic E-state index is 4.62. The van der Waals surface area contributed by atoms with Crippen LogP contribution in [0.1, 0.15) is 37.7 Å². The lowest BCUT2D eigenvalue weighted by Gasteiger charge is -2.20. The van der Waals surface area contributed by atoms with Gasteiger partial charge in [0.2, 0.25) is 5.95 Å². The second kappa shape index (κ2) is 8.46. The van der Waals surface area contributed by atoms with E-state index < -0.39 is 0 Å². The van der Waals surface area contributed by atoms with Crippen molar-refractivity contribution in [3.8, 4) is 0 Å². The van der Waals surface area contributed by atoms with E-state index in [9.17, 15) is 0 Å². The zero-order chi connectivity index (χ0) is 15.7. The van der Waals surface area contributed by atoms with Gasteiger partial charge >= 0.3 is 0 Å². The Balaban J connectivity index is 1.49. The first-order valence-electron chi connectivity index (χ1n) is 8.64. The van der Waals surface area contributed by atoms with E-state index in [1.165, 1.54) is 31.2 Å². The van der Waals surface area contributed by atoms with Gasteiger partial charge in [-0.05, 0) is 31.2 Å². The van der Waals surface area contributed by atoms with E-state index >= 15 is 0 Å². The molecule has 1 aromatic heterocycles. The number of benzene rings is 1. The molecular weight excluding hydrogens is 286 g/mol. The molecule has 0 radical (unpaired) electrons. The van der Waals surface area contributed by atoms with Crippen molar-refractivity contribution in [2.45, 2.75) is 38.5 Å². The highest BCUT2D eigenvalue weighted by atomic mass is 15.3. The lowest BCUT2D eigenvalue weighted by molar-refractivity contribution is 0.726. The highest BCUT2D eigenvalue weighted by Gasteiger charge is 2.12. The normalized spacial score (nSPS) is 15.2. The molecule has 122 valence electrons. The van der Waals surface area contributed by atoms with E-state index in [0.29, 0.717) is 5.95 Å². The molecule has 3 rings (SSSR count). The molecule has 0 spiro atoms. The molecule has 0 saturated carbocycles. The van der Waals surface area contributed by atoms with Gasteiger partial charge in [-0.15, -0.1) is 5.10 Å². The number of aromatic nitrogens is 3. The summed E-state index contributed by atoms with van der Waals surface area (Å²) in [5.74, 6) is 1.59. The van der Waals surface area contributed by atoms with E-state index in [1.54, 1.807) is 6.20 Å². The number of nitrogens with one attached hydrogen (secondary N) is 1. The zero-order valence-corrected chi connectivity index (χ0v) is 13.6. The van der Waals surface area contributed by atoms with Crippen LogP contribution in [0.3, 0.4) is 0 Å². The SMILES string of the molecule is c1ccc(CCCNc2nncc(N3CCCCCC3)n2)cc1. The van der Waals surface area contributed by atoms with Gasteiger partial charge in [-0.2, -0.15) is 10.1 Å². The molecule has 5 heteroatoms. The molecule has 1 aliphatic heterocycles. The quantitative estimate of drug-likeness (QED) is 0.830. The molecule has 23 heavy (non-hydrogen) atoms. The van der Waals surface area contributed by atoms with Gasteiger partial charge in [-0.1, -0.05) is 43.2 Å². The van der Waals surface area contributed by atoms with E-state index in [0.717, 1.165) is 38.3 Å². The third kappa shape index (κ3) is 4.91. The van der Waals surface area contributed by atoms with E-state index in [1.807, 2.05) is 0 Å². The molecule has 2 aromatic rings. The molecule has 1 aliphatic rings. The highest BCUT2D eigenvalue weighted by molar-refractivity contribution is 5.40. The van der Waals surface area contributed by atoms with Crippen molar-refractivity contribution in [1.29, 1.82) is 0 Å². The molecule has 0 amide bonds. The largest absolute Gasteiger partial charge is 0.355 e. The van der Waals surface area contributed by atoms with E-state index in [-0.39, 0.29) is 0 Å². The zero-order valence-electron chi connectivity index (χ0n) is 13.6. The number of hydrogen-bond donors (Lipinski definition) is 1. The van der Waals surface area contributed by atoms with E-state index in [2.05, 4.69) is 55.7 Å². The fourth-order valence-corrected chi connectivity index (χ4v) is 2.96.